The third-order valence-corrected chi connectivity index (χ3v) is 5.73. The predicted molar refractivity (Wildman–Crippen MR) is 99.2 cm³/mol. The van der Waals surface area contributed by atoms with Gasteiger partial charge in [0.2, 0.25) is 0 Å². The number of H-pyrrole nitrogens is 1. The standard InChI is InChI=1S/C19H22N2O3S/c1-2-16-17(23)20-19(24)21(11-13-7-6-8-14(13)12-22)18(16)25-15-9-4-3-5-10-15/h3-5,7,9-10,14,22H,2,6,8,11-12H2,1H3,(H,20,23,24). The minimum atomic E-state index is -0.398. The summed E-state index contributed by atoms with van der Waals surface area (Å²) in [5.41, 5.74) is 0.965. The van der Waals surface area contributed by atoms with Crippen molar-refractivity contribution in [3.8, 4) is 0 Å². The minimum absolute atomic E-state index is 0.0890. The second kappa shape index (κ2) is 7.89. The van der Waals surface area contributed by atoms with Crippen molar-refractivity contribution in [1.82, 2.24) is 9.55 Å². The molecule has 1 heterocycles. The van der Waals surface area contributed by atoms with Gasteiger partial charge in [0.1, 0.15) is 0 Å². The van der Waals surface area contributed by atoms with Gasteiger partial charge < -0.3 is 5.11 Å². The maximum absolute atomic E-state index is 12.5. The number of nitrogens with zero attached hydrogens (tertiary/aromatic N) is 1. The average molecular weight is 358 g/mol. The van der Waals surface area contributed by atoms with E-state index in [-0.39, 0.29) is 18.1 Å². The van der Waals surface area contributed by atoms with Crippen molar-refractivity contribution in [2.24, 2.45) is 5.92 Å². The molecule has 2 N–H and O–H groups in total. The fraction of sp³-hybridized carbons (Fsp3) is 0.368. The molecule has 25 heavy (non-hydrogen) atoms. The van der Waals surface area contributed by atoms with Gasteiger partial charge in [0.05, 0.1) is 5.03 Å². The molecule has 0 saturated heterocycles. The first-order chi connectivity index (χ1) is 12.1. The van der Waals surface area contributed by atoms with Crippen molar-refractivity contribution in [3.63, 3.8) is 0 Å². The summed E-state index contributed by atoms with van der Waals surface area (Å²) < 4.78 is 1.64. The van der Waals surface area contributed by atoms with E-state index < -0.39 is 5.69 Å². The van der Waals surface area contributed by atoms with Crippen molar-refractivity contribution < 1.29 is 5.11 Å². The van der Waals surface area contributed by atoms with Crippen LogP contribution >= 0.6 is 11.8 Å². The number of aliphatic hydroxyl groups excluding tert-OH is 1. The van der Waals surface area contributed by atoms with Crippen LogP contribution in [0.25, 0.3) is 0 Å². The molecule has 0 radical (unpaired) electrons. The summed E-state index contributed by atoms with van der Waals surface area (Å²) in [6.45, 7) is 2.41. The number of nitrogens with one attached hydrogen (secondary N) is 1. The zero-order valence-corrected chi connectivity index (χ0v) is 15.0. The summed E-state index contributed by atoms with van der Waals surface area (Å²) in [5, 5.41) is 10.2. The van der Waals surface area contributed by atoms with Crippen molar-refractivity contribution in [2.45, 2.75) is 42.7 Å². The lowest BCUT2D eigenvalue weighted by atomic mass is 10.0. The first kappa shape index (κ1) is 17.8. The van der Waals surface area contributed by atoms with Crippen LogP contribution in [0.5, 0.6) is 0 Å². The fourth-order valence-electron chi connectivity index (χ4n) is 3.17. The quantitative estimate of drug-likeness (QED) is 0.615. The Kier molecular flexibility index (Phi) is 5.60. The Morgan fingerprint density at radius 2 is 2.04 bits per heavy atom. The monoisotopic (exact) mass is 358 g/mol. The number of rotatable bonds is 6. The zero-order valence-electron chi connectivity index (χ0n) is 14.2. The molecule has 6 heteroatoms. The molecule has 1 aliphatic carbocycles. The SMILES string of the molecule is CCc1c(Sc2ccccc2)n(CC2=CCCC2CO)c(=O)[nH]c1=O. The van der Waals surface area contributed by atoms with Gasteiger partial charge in [0.15, 0.2) is 0 Å². The number of benzene rings is 1. The maximum Gasteiger partial charge on any atom is 0.329 e. The first-order valence-corrected chi connectivity index (χ1v) is 9.34. The van der Waals surface area contributed by atoms with E-state index >= 15 is 0 Å². The highest BCUT2D eigenvalue weighted by atomic mass is 32.2. The van der Waals surface area contributed by atoms with E-state index in [1.807, 2.05) is 37.3 Å². The Bertz CT molecular complexity index is 884. The van der Waals surface area contributed by atoms with Gasteiger partial charge in [0, 0.05) is 29.5 Å². The van der Waals surface area contributed by atoms with Gasteiger partial charge in [-0.2, -0.15) is 0 Å². The normalized spacial score (nSPS) is 16.9. The molecule has 1 aromatic heterocycles. The lowest BCUT2D eigenvalue weighted by Crippen LogP contribution is -2.34. The summed E-state index contributed by atoms with van der Waals surface area (Å²) in [6, 6.07) is 9.73. The molecular weight excluding hydrogens is 336 g/mol. The van der Waals surface area contributed by atoms with Crippen molar-refractivity contribution in [3.05, 3.63) is 68.4 Å². The van der Waals surface area contributed by atoms with Gasteiger partial charge in [-0.25, -0.2) is 4.79 Å². The number of aliphatic hydroxyl groups is 1. The topological polar surface area (TPSA) is 75.1 Å². The molecule has 3 rings (SSSR count). The molecule has 0 bridgehead atoms. The highest BCUT2D eigenvalue weighted by Gasteiger charge is 2.22. The number of aromatic nitrogens is 2. The second-order valence-corrected chi connectivity index (χ2v) is 7.20. The lowest BCUT2D eigenvalue weighted by molar-refractivity contribution is 0.242. The number of aromatic amines is 1. The van der Waals surface area contributed by atoms with Crippen LogP contribution in [0.4, 0.5) is 0 Å². The Morgan fingerprint density at radius 3 is 2.72 bits per heavy atom. The summed E-state index contributed by atoms with van der Waals surface area (Å²) in [7, 11) is 0. The van der Waals surface area contributed by atoms with Gasteiger partial charge in [0.25, 0.3) is 5.56 Å². The van der Waals surface area contributed by atoms with Crippen LogP contribution in [-0.2, 0) is 13.0 Å². The summed E-state index contributed by atoms with van der Waals surface area (Å²) in [5.74, 6) is 0.0958. The number of hydrogen-bond donors (Lipinski definition) is 2. The van der Waals surface area contributed by atoms with Gasteiger partial charge in [-0.1, -0.05) is 43.0 Å². The largest absolute Gasteiger partial charge is 0.396 e. The molecular formula is C19H22N2O3S. The Hall–Kier alpha value is -2.05. The number of allylic oxidation sites excluding steroid dienone is 1. The first-order valence-electron chi connectivity index (χ1n) is 8.52. The average Bonchev–Trinajstić information content (AvgIpc) is 3.06. The highest BCUT2D eigenvalue weighted by molar-refractivity contribution is 7.99. The van der Waals surface area contributed by atoms with Crippen LogP contribution in [-0.4, -0.2) is 21.3 Å². The van der Waals surface area contributed by atoms with Crippen LogP contribution in [0.3, 0.4) is 0 Å². The van der Waals surface area contributed by atoms with Gasteiger partial charge in [-0.15, -0.1) is 0 Å². The smallest absolute Gasteiger partial charge is 0.329 e. The summed E-state index contributed by atoms with van der Waals surface area (Å²) in [6.07, 6.45) is 4.47. The van der Waals surface area contributed by atoms with Crippen LogP contribution < -0.4 is 11.2 Å². The van der Waals surface area contributed by atoms with Gasteiger partial charge in [-0.05, 0) is 37.0 Å². The molecule has 0 aliphatic heterocycles. The molecule has 1 aromatic carbocycles. The fourth-order valence-corrected chi connectivity index (χ4v) is 4.31. The van der Waals surface area contributed by atoms with E-state index in [4.69, 9.17) is 0 Å². The Morgan fingerprint density at radius 1 is 1.28 bits per heavy atom. The molecule has 1 unspecified atom stereocenters. The second-order valence-electron chi connectivity index (χ2n) is 6.13. The number of hydrogen-bond acceptors (Lipinski definition) is 4. The third-order valence-electron chi connectivity index (χ3n) is 4.56. The van der Waals surface area contributed by atoms with E-state index in [1.165, 1.54) is 11.8 Å². The minimum Gasteiger partial charge on any atom is -0.396 e. The van der Waals surface area contributed by atoms with Crippen LogP contribution in [0.1, 0.15) is 25.3 Å². The predicted octanol–water partition coefficient (Wildman–Crippen LogP) is 2.58. The van der Waals surface area contributed by atoms with E-state index in [2.05, 4.69) is 11.1 Å². The lowest BCUT2D eigenvalue weighted by Gasteiger charge is -2.18. The third kappa shape index (κ3) is 3.80. The van der Waals surface area contributed by atoms with Crippen molar-refractivity contribution >= 4 is 11.8 Å². The van der Waals surface area contributed by atoms with Crippen LogP contribution in [0.2, 0.25) is 0 Å². The van der Waals surface area contributed by atoms with Crippen molar-refractivity contribution in [1.29, 1.82) is 0 Å². The van der Waals surface area contributed by atoms with Gasteiger partial charge in [-0.3, -0.25) is 14.3 Å². The van der Waals surface area contributed by atoms with E-state index in [1.54, 1.807) is 4.57 Å². The molecule has 0 amide bonds. The molecule has 0 fully saturated rings. The van der Waals surface area contributed by atoms with E-state index in [0.717, 1.165) is 23.3 Å². The maximum atomic E-state index is 12.5. The highest BCUT2D eigenvalue weighted by Crippen LogP contribution is 2.31. The Balaban J connectivity index is 2.07. The van der Waals surface area contributed by atoms with Gasteiger partial charge >= 0.3 is 5.69 Å². The molecule has 2 aromatic rings. The molecule has 1 atom stereocenters. The van der Waals surface area contributed by atoms with Crippen molar-refractivity contribution in [2.75, 3.05) is 6.61 Å². The van der Waals surface area contributed by atoms with E-state index in [0.29, 0.717) is 23.6 Å². The van der Waals surface area contributed by atoms with E-state index in [9.17, 15) is 14.7 Å². The van der Waals surface area contributed by atoms with Crippen LogP contribution in [0, 0.1) is 5.92 Å². The molecule has 1 aliphatic rings. The molecule has 132 valence electrons. The van der Waals surface area contributed by atoms with Crippen LogP contribution in [0.15, 0.2) is 61.5 Å². The molecule has 0 saturated carbocycles. The Labute approximate surface area is 150 Å². The summed E-state index contributed by atoms with van der Waals surface area (Å²) >= 11 is 1.44. The molecule has 5 nitrogen and oxygen atoms in total. The molecule has 0 spiro atoms. The summed E-state index contributed by atoms with van der Waals surface area (Å²) in [4.78, 5) is 28.2. The zero-order chi connectivity index (χ0) is 17.8.